The average Bonchev–Trinajstić information content (AvgIpc) is 3.22. The number of nitrogens with zero attached hydrogens (tertiary/aromatic N) is 7. The van der Waals surface area contributed by atoms with Gasteiger partial charge in [-0.05, 0) is 31.1 Å². The lowest BCUT2D eigenvalue weighted by molar-refractivity contribution is -0.141. The summed E-state index contributed by atoms with van der Waals surface area (Å²) in [7, 11) is 1.82. The number of hydrogen-bond acceptors (Lipinski definition) is 7. The lowest BCUT2D eigenvalue weighted by Gasteiger charge is -2.21. The Morgan fingerprint density at radius 3 is 2.88 bits per heavy atom. The van der Waals surface area contributed by atoms with Crippen LogP contribution in [-0.4, -0.2) is 47.4 Å². The third-order valence-electron chi connectivity index (χ3n) is 4.24. The first-order chi connectivity index (χ1) is 12.4. The Balaban J connectivity index is 1.69. The molecule has 0 saturated carbocycles. The normalized spacial score (nSPS) is 18.5. The molecule has 3 aromatic rings. The van der Waals surface area contributed by atoms with E-state index in [0.717, 1.165) is 49.6 Å². The van der Waals surface area contributed by atoms with Crippen molar-refractivity contribution >= 4 is 17.5 Å². The van der Waals surface area contributed by atoms with Crippen LogP contribution in [-0.2, 0) is 13.2 Å². The SMILES string of the molecule is Cn1c(Sc2cc(C(F)(F)F)nc3ncnn23)nnc1C1CCCNC1. The van der Waals surface area contributed by atoms with Crippen LogP contribution in [0.1, 0.15) is 30.3 Å². The third kappa shape index (κ3) is 3.14. The van der Waals surface area contributed by atoms with E-state index in [-0.39, 0.29) is 16.7 Å². The number of hydrogen-bond donors (Lipinski definition) is 1. The fraction of sp³-hybridized carbons (Fsp3) is 0.500. The monoisotopic (exact) mass is 384 g/mol. The summed E-state index contributed by atoms with van der Waals surface area (Å²) in [5.74, 6) is 0.950. The minimum absolute atomic E-state index is 0.110. The Morgan fingerprint density at radius 1 is 1.31 bits per heavy atom. The molecule has 0 spiro atoms. The van der Waals surface area contributed by atoms with E-state index in [1.54, 1.807) is 0 Å². The summed E-state index contributed by atoms with van der Waals surface area (Å²) in [6.45, 7) is 1.80. The Kier molecular flexibility index (Phi) is 4.31. The molecular formula is C14H15F3N8S. The standard InChI is InChI=1S/C14H15F3N8S/c1-24-11(8-3-2-4-18-6-8)22-23-13(24)26-10-5-9(14(15,16)17)21-12-19-7-20-25(10)12/h5,7-8,18H,2-4,6H2,1H3. The number of aromatic nitrogens is 7. The molecule has 1 N–H and O–H groups in total. The second-order valence-electron chi connectivity index (χ2n) is 5.99. The van der Waals surface area contributed by atoms with Crippen molar-refractivity contribution < 1.29 is 13.2 Å². The van der Waals surface area contributed by atoms with Gasteiger partial charge in [0.15, 0.2) is 10.9 Å². The fourth-order valence-corrected chi connectivity index (χ4v) is 3.82. The van der Waals surface area contributed by atoms with Gasteiger partial charge in [-0.25, -0.2) is 4.98 Å². The molecule has 0 amide bonds. The van der Waals surface area contributed by atoms with E-state index in [4.69, 9.17) is 0 Å². The van der Waals surface area contributed by atoms with Gasteiger partial charge in [0, 0.05) is 25.6 Å². The second kappa shape index (κ2) is 6.50. The van der Waals surface area contributed by atoms with E-state index in [1.807, 2.05) is 11.6 Å². The molecule has 8 nitrogen and oxygen atoms in total. The molecule has 1 aliphatic rings. The van der Waals surface area contributed by atoms with Crippen molar-refractivity contribution in [3.8, 4) is 0 Å². The van der Waals surface area contributed by atoms with E-state index < -0.39 is 11.9 Å². The molecule has 4 rings (SSSR count). The predicted octanol–water partition coefficient (Wildman–Crippen LogP) is 1.89. The van der Waals surface area contributed by atoms with Gasteiger partial charge < -0.3 is 9.88 Å². The number of rotatable bonds is 3. The third-order valence-corrected chi connectivity index (χ3v) is 5.27. The maximum Gasteiger partial charge on any atom is 0.433 e. The van der Waals surface area contributed by atoms with Crippen LogP contribution < -0.4 is 5.32 Å². The van der Waals surface area contributed by atoms with E-state index in [9.17, 15) is 13.2 Å². The zero-order valence-electron chi connectivity index (χ0n) is 13.7. The number of piperidine rings is 1. The van der Waals surface area contributed by atoms with Gasteiger partial charge in [0.25, 0.3) is 5.78 Å². The molecule has 1 unspecified atom stereocenters. The molecule has 1 atom stereocenters. The van der Waals surface area contributed by atoms with E-state index >= 15 is 0 Å². The molecule has 0 bridgehead atoms. The molecule has 0 aromatic carbocycles. The minimum Gasteiger partial charge on any atom is -0.316 e. The van der Waals surface area contributed by atoms with Crippen LogP contribution in [0.3, 0.4) is 0 Å². The predicted molar refractivity (Wildman–Crippen MR) is 85.8 cm³/mol. The maximum atomic E-state index is 13.1. The van der Waals surface area contributed by atoms with Crippen molar-refractivity contribution in [1.29, 1.82) is 0 Å². The highest BCUT2D eigenvalue weighted by Crippen LogP contribution is 2.33. The van der Waals surface area contributed by atoms with Crippen LogP contribution >= 0.6 is 11.8 Å². The fourth-order valence-electron chi connectivity index (χ4n) is 2.94. The number of alkyl halides is 3. The van der Waals surface area contributed by atoms with Gasteiger partial charge in [0.1, 0.15) is 17.2 Å². The lowest BCUT2D eigenvalue weighted by Crippen LogP contribution is -2.29. The van der Waals surface area contributed by atoms with Crippen molar-refractivity contribution in [1.82, 2.24) is 39.7 Å². The summed E-state index contributed by atoms with van der Waals surface area (Å²) in [4.78, 5) is 7.28. The summed E-state index contributed by atoms with van der Waals surface area (Å²) in [5, 5.41) is 16.4. The molecule has 3 aromatic heterocycles. The molecule has 1 fully saturated rings. The van der Waals surface area contributed by atoms with Gasteiger partial charge in [0.2, 0.25) is 0 Å². The largest absolute Gasteiger partial charge is 0.433 e. The van der Waals surface area contributed by atoms with Gasteiger partial charge in [-0.15, -0.1) is 10.2 Å². The van der Waals surface area contributed by atoms with Crippen LogP contribution in [0.25, 0.3) is 5.78 Å². The topological polar surface area (TPSA) is 85.8 Å². The first-order valence-corrected chi connectivity index (χ1v) is 8.81. The Labute approximate surface area is 150 Å². The number of halogens is 3. The molecule has 4 heterocycles. The number of nitrogens with one attached hydrogen (secondary N) is 1. The Morgan fingerprint density at radius 2 is 2.15 bits per heavy atom. The highest BCUT2D eigenvalue weighted by Gasteiger charge is 2.34. The maximum absolute atomic E-state index is 13.1. The summed E-state index contributed by atoms with van der Waals surface area (Å²) < 4.78 is 42.4. The lowest BCUT2D eigenvalue weighted by atomic mass is 9.99. The first-order valence-electron chi connectivity index (χ1n) is 7.99. The Bertz CT molecular complexity index is 928. The minimum atomic E-state index is -4.57. The van der Waals surface area contributed by atoms with Crippen molar-refractivity contribution in [3.05, 3.63) is 23.9 Å². The van der Waals surface area contributed by atoms with Crippen molar-refractivity contribution in [2.75, 3.05) is 13.1 Å². The van der Waals surface area contributed by atoms with Crippen LogP contribution in [0.2, 0.25) is 0 Å². The molecule has 1 aliphatic heterocycles. The highest BCUT2D eigenvalue weighted by atomic mass is 32.2. The summed E-state index contributed by atoms with van der Waals surface area (Å²) in [6.07, 6.45) is -1.34. The van der Waals surface area contributed by atoms with Crippen molar-refractivity contribution in [2.24, 2.45) is 7.05 Å². The van der Waals surface area contributed by atoms with E-state index in [1.165, 1.54) is 10.8 Å². The first kappa shape index (κ1) is 17.2. The van der Waals surface area contributed by atoms with Crippen molar-refractivity contribution in [2.45, 2.75) is 35.1 Å². The Hall–Kier alpha value is -2.21. The molecule has 26 heavy (non-hydrogen) atoms. The highest BCUT2D eigenvalue weighted by molar-refractivity contribution is 7.99. The molecule has 1 saturated heterocycles. The summed E-state index contributed by atoms with van der Waals surface area (Å²) in [6, 6.07) is 0.947. The van der Waals surface area contributed by atoms with Crippen LogP contribution in [0.4, 0.5) is 13.2 Å². The van der Waals surface area contributed by atoms with Gasteiger partial charge >= 0.3 is 6.18 Å². The van der Waals surface area contributed by atoms with E-state index in [0.29, 0.717) is 5.16 Å². The van der Waals surface area contributed by atoms with E-state index in [2.05, 4.69) is 30.6 Å². The summed E-state index contributed by atoms with van der Waals surface area (Å²) in [5.41, 5.74) is -1.01. The summed E-state index contributed by atoms with van der Waals surface area (Å²) >= 11 is 1.05. The smallest absolute Gasteiger partial charge is 0.316 e. The van der Waals surface area contributed by atoms with Crippen molar-refractivity contribution in [3.63, 3.8) is 0 Å². The number of fused-ring (bicyclic) bond motifs is 1. The molecule has 0 aliphatic carbocycles. The zero-order chi connectivity index (χ0) is 18.3. The van der Waals surface area contributed by atoms with Crippen LogP contribution in [0, 0.1) is 0 Å². The van der Waals surface area contributed by atoms with Crippen LogP contribution in [0.15, 0.2) is 22.6 Å². The molecule has 0 radical (unpaired) electrons. The second-order valence-corrected chi connectivity index (χ2v) is 6.98. The van der Waals surface area contributed by atoms with Gasteiger partial charge in [-0.1, -0.05) is 0 Å². The van der Waals surface area contributed by atoms with Gasteiger partial charge in [-0.2, -0.15) is 27.8 Å². The van der Waals surface area contributed by atoms with Crippen LogP contribution in [0.5, 0.6) is 0 Å². The quantitative estimate of drug-likeness (QED) is 0.690. The average molecular weight is 384 g/mol. The zero-order valence-corrected chi connectivity index (χ0v) is 14.5. The molecular weight excluding hydrogens is 369 g/mol. The molecule has 12 heteroatoms. The van der Waals surface area contributed by atoms with Gasteiger partial charge in [0.05, 0.1) is 0 Å². The molecule has 138 valence electrons. The van der Waals surface area contributed by atoms with Gasteiger partial charge in [-0.3, -0.25) is 0 Å².